The van der Waals surface area contributed by atoms with E-state index >= 15 is 0 Å². The van der Waals surface area contributed by atoms with Crippen LogP contribution >= 0.6 is 0 Å². The molecule has 0 fully saturated rings. The van der Waals surface area contributed by atoms with Gasteiger partial charge in [0.05, 0.1) is 6.61 Å². The standard InChI is InChI=1S/C11H15BF3O2.K/c1-16-8-2-3-9-17-11-6-4-10(5-7-11)12(13,14)15;/h4-7H,2-3,8-9H2,1H3;/q-1;+1. The summed E-state index contributed by atoms with van der Waals surface area (Å²) in [6, 6.07) is 4.79. The van der Waals surface area contributed by atoms with Gasteiger partial charge in [-0.05, 0) is 25.0 Å². The molecular formula is C11H15BF3KO2. The van der Waals surface area contributed by atoms with E-state index < -0.39 is 12.4 Å². The second kappa shape index (κ2) is 9.39. The van der Waals surface area contributed by atoms with Gasteiger partial charge in [0, 0.05) is 13.7 Å². The maximum atomic E-state index is 12.3. The first kappa shape index (κ1) is 18.5. The first-order valence-corrected chi connectivity index (χ1v) is 5.45. The van der Waals surface area contributed by atoms with Crippen LogP contribution in [0, 0.1) is 0 Å². The first-order chi connectivity index (χ1) is 8.04. The van der Waals surface area contributed by atoms with Crippen molar-refractivity contribution in [1.29, 1.82) is 0 Å². The van der Waals surface area contributed by atoms with Gasteiger partial charge < -0.3 is 22.4 Å². The van der Waals surface area contributed by atoms with Gasteiger partial charge in [0.15, 0.2) is 0 Å². The summed E-state index contributed by atoms with van der Waals surface area (Å²) in [5, 5.41) is 0. The molecule has 0 heterocycles. The van der Waals surface area contributed by atoms with Crippen LogP contribution in [0.1, 0.15) is 12.8 Å². The van der Waals surface area contributed by atoms with E-state index in [1.165, 1.54) is 12.1 Å². The molecule has 0 aliphatic rings. The molecule has 0 aliphatic heterocycles. The van der Waals surface area contributed by atoms with E-state index in [0.29, 0.717) is 19.0 Å². The molecule has 0 bridgehead atoms. The van der Waals surface area contributed by atoms with E-state index in [0.717, 1.165) is 25.0 Å². The Morgan fingerprint density at radius 2 is 1.56 bits per heavy atom. The maximum absolute atomic E-state index is 12.3. The number of halogens is 3. The zero-order chi connectivity index (χ0) is 12.7. The van der Waals surface area contributed by atoms with Gasteiger partial charge in [-0.2, -0.15) is 0 Å². The van der Waals surface area contributed by atoms with Gasteiger partial charge in [0.1, 0.15) is 5.75 Å². The molecule has 0 spiro atoms. The van der Waals surface area contributed by atoms with Crippen LogP contribution < -0.4 is 61.6 Å². The van der Waals surface area contributed by atoms with Crippen LogP contribution in [-0.4, -0.2) is 27.3 Å². The zero-order valence-corrected chi connectivity index (χ0v) is 13.8. The fourth-order valence-electron chi connectivity index (χ4n) is 1.32. The minimum Gasteiger partial charge on any atom is -0.494 e. The third-order valence-electron chi connectivity index (χ3n) is 2.27. The van der Waals surface area contributed by atoms with Gasteiger partial charge in [-0.25, -0.2) is 0 Å². The van der Waals surface area contributed by atoms with Crippen LogP contribution in [0.5, 0.6) is 5.75 Å². The van der Waals surface area contributed by atoms with Crippen molar-refractivity contribution in [3.8, 4) is 5.75 Å². The molecule has 0 radical (unpaired) electrons. The molecule has 0 saturated heterocycles. The van der Waals surface area contributed by atoms with Crippen molar-refractivity contribution in [1.82, 2.24) is 0 Å². The summed E-state index contributed by atoms with van der Waals surface area (Å²) in [5.74, 6) is 0.464. The predicted octanol–water partition coefficient (Wildman–Crippen LogP) is -0.450. The Balaban J connectivity index is 0.00000289. The van der Waals surface area contributed by atoms with Crippen LogP contribution in [0.15, 0.2) is 24.3 Å². The summed E-state index contributed by atoms with van der Waals surface area (Å²) in [4.78, 5) is 0. The van der Waals surface area contributed by atoms with Crippen molar-refractivity contribution >= 4 is 12.4 Å². The molecule has 0 unspecified atom stereocenters. The smallest absolute Gasteiger partial charge is 0.494 e. The second-order valence-electron chi connectivity index (χ2n) is 3.69. The third-order valence-corrected chi connectivity index (χ3v) is 2.27. The van der Waals surface area contributed by atoms with Crippen molar-refractivity contribution in [2.24, 2.45) is 0 Å². The topological polar surface area (TPSA) is 18.5 Å². The summed E-state index contributed by atoms with van der Waals surface area (Å²) in [6.45, 7) is -3.77. The first-order valence-electron chi connectivity index (χ1n) is 5.45. The predicted molar refractivity (Wildman–Crippen MR) is 61.8 cm³/mol. The van der Waals surface area contributed by atoms with Crippen molar-refractivity contribution in [2.75, 3.05) is 20.3 Å². The third kappa shape index (κ3) is 7.16. The van der Waals surface area contributed by atoms with E-state index in [9.17, 15) is 12.9 Å². The zero-order valence-electron chi connectivity index (χ0n) is 10.7. The molecule has 0 saturated carbocycles. The molecule has 18 heavy (non-hydrogen) atoms. The van der Waals surface area contributed by atoms with E-state index in [4.69, 9.17) is 9.47 Å². The quantitative estimate of drug-likeness (QED) is 0.499. The molecule has 1 aromatic carbocycles. The molecule has 0 aliphatic carbocycles. The SMILES string of the molecule is COCCCCOc1ccc([B-](F)(F)F)cc1.[K+]. The monoisotopic (exact) mass is 286 g/mol. The van der Waals surface area contributed by atoms with Gasteiger partial charge in [-0.1, -0.05) is 12.1 Å². The fraction of sp³-hybridized carbons (Fsp3) is 0.455. The van der Waals surface area contributed by atoms with Crippen molar-refractivity contribution < 1.29 is 73.8 Å². The van der Waals surface area contributed by atoms with Gasteiger partial charge in [0.25, 0.3) is 0 Å². The fourth-order valence-corrected chi connectivity index (χ4v) is 1.32. The molecule has 0 amide bonds. The molecule has 1 aromatic rings. The molecule has 0 N–H and O–H groups in total. The van der Waals surface area contributed by atoms with Gasteiger partial charge in [-0.15, -0.1) is 5.46 Å². The Morgan fingerprint density at radius 1 is 1.00 bits per heavy atom. The number of ether oxygens (including phenoxy) is 2. The van der Waals surface area contributed by atoms with Crippen LogP contribution in [0.25, 0.3) is 0 Å². The summed E-state index contributed by atoms with van der Waals surface area (Å²) < 4.78 is 47.1. The molecule has 7 heteroatoms. The van der Waals surface area contributed by atoms with Crippen molar-refractivity contribution in [2.45, 2.75) is 12.8 Å². The van der Waals surface area contributed by atoms with Crippen molar-refractivity contribution in [3.63, 3.8) is 0 Å². The number of hydrogen-bond donors (Lipinski definition) is 0. The minimum atomic E-state index is -4.92. The van der Waals surface area contributed by atoms with E-state index in [-0.39, 0.29) is 51.4 Å². The number of benzene rings is 1. The average Bonchev–Trinajstić information content (AvgIpc) is 2.28. The summed E-state index contributed by atoms with van der Waals surface area (Å²) in [7, 11) is 1.62. The van der Waals surface area contributed by atoms with Crippen LogP contribution in [0.2, 0.25) is 0 Å². The number of unbranched alkanes of at least 4 members (excludes halogenated alkanes) is 1. The molecule has 0 aromatic heterocycles. The Kier molecular flexibility index (Phi) is 9.63. The summed E-state index contributed by atoms with van der Waals surface area (Å²) in [6.07, 6.45) is 1.69. The van der Waals surface area contributed by atoms with Gasteiger partial charge >= 0.3 is 58.4 Å². The molecule has 96 valence electrons. The Bertz CT molecular complexity index is 330. The summed E-state index contributed by atoms with van der Waals surface area (Å²) >= 11 is 0. The largest absolute Gasteiger partial charge is 1.00 e. The van der Waals surface area contributed by atoms with Crippen LogP contribution in [0.4, 0.5) is 12.9 Å². The Morgan fingerprint density at radius 3 is 2.06 bits per heavy atom. The summed E-state index contributed by atoms with van der Waals surface area (Å²) in [5.41, 5.74) is -0.600. The Hall–Kier alpha value is 0.471. The van der Waals surface area contributed by atoms with E-state index in [1.807, 2.05) is 0 Å². The normalized spacial score (nSPS) is 10.9. The van der Waals surface area contributed by atoms with Crippen LogP contribution in [-0.2, 0) is 4.74 Å². The molecule has 2 nitrogen and oxygen atoms in total. The minimum absolute atomic E-state index is 0. The molecular weight excluding hydrogens is 271 g/mol. The Labute approximate surface area is 148 Å². The van der Waals surface area contributed by atoms with Crippen LogP contribution in [0.3, 0.4) is 0 Å². The molecule has 0 atom stereocenters. The number of rotatable bonds is 7. The van der Waals surface area contributed by atoms with Crippen molar-refractivity contribution in [3.05, 3.63) is 24.3 Å². The van der Waals surface area contributed by atoms with Gasteiger partial charge in [0.2, 0.25) is 0 Å². The number of hydrogen-bond acceptors (Lipinski definition) is 2. The van der Waals surface area contributed by atoms with E-state index in [2.05, 4.69) is 0 Å². The number of methoxy groups -OCH3 is 1. The maximum Gasteiger partial charge on any atom is 1.00 e. The van der Waals surface area contributed by atoms with E-state index in [1.54, 1.807) is 7.11 Å². The average molecular weight is 286 g/mol. The molecule has 1 rings (SSSR count). The van der Waals surface area contributed by atoms with Gasteiger partial charge in [-0.3, -0.25) is 0 Å². The second-order valence-corrected chi connectivity index (χ2v) is 3.69.